The summed E-state index contributed by atoms with van der Waals surface area (Å²) < 4.78 is 0. The lowest BCUT2D eigenvalue weighted by molar-refractivity contribution is -0.111. The molecule has 0 spiro atoms. The van der Waals surface area contributed by atoms with E-state index in [1.807, 2.05) is 6.92 Å². The maximum atomic E-state index is 10.9. The predicted molar refractivity (Wildman–Crippen MR) is 43.8 cm³/mol. The van der Waals surface area contributed by atoms with E-state index in [2.05, 4.69) is 13.2 Å². The van der Waals surface area contributed by atoms with Gasteiger partial charge in [0, 0.05) is 0 Å². The fraction of sp³-hybridized carbons (Fsp3) is 0.222. The zero-order valence-corrected chi connectivity index (χ0v) is 6.48. The summed E-state index contributed by atoms with van der Waals surface area (Å²) in [6.07, 6.45) is 2.97. The summed E-state index contributed by atoms with van der Waals surface area (Å²) >= 11 is 0. The summed E-state index contributed by atoms with van der Waals surface area (Å²) in [5, 5.41) is 0. The molecule has 1 heteroatoms. The summed E-state index contributed by atoms with van der Waals surface area (Å²) in [4.78, 5) is 10.9. The van der Waals surface area contributed by atoms with E-state index < -0.39 is 0 Å². The molecule has 0 N–H and O–H groups in total. The molecule has 0 aliphatic heterocycles. The van der Waals surface area contributed by atoms with Crippen molar-refractivity contribution in [3.63, 3.8) is 0 Å². The van der Waals surface area contributed by atoms with Crippen LogP contribution in [0.15, 0.2) is 36.5 Å². The number of rotatable bonds is 3. The summed E-state index contributed by atoms with van der Waals surface area (Å²) in [5.41, 5.74) is 1.62. The van der Waals surface area contributed by atoms with Crippen molar-refractivity contribution in [2.24, 2.45) is 0 Å². The van der Waals surface area contributed by atoms with Gasteiger partial charge in [-0.25, -0.2) is 0 Å². The van der Waals surface area contributed by atoms with Crippen molar-refractivity contribution >= 4 is 5.78 Å². The molecule has 0 saturated carbocycles. The Morgan fingerprint density at radius 3 is 2.00 bits per heavy atom. The van der Waals surface area contributed by atoms with E-state index in [1.165, 1.54) is 6.08 Å². The monoisotopic (exact) mass is 136 g/mol. The number of carbonyl (C=O) groups is 1. The van der Waals surface area contributed by atoms with Crippen LogP contribution in [0.3, 0.4) is 0 Å². The molecular formula is C9H12O. The van der Waals surface area contributed by atoms with Gasteiger partial charge >= 0.3 is 0 Å². The van der Waals surface area contributed by atoms with Crippen LogP contribution >= 0.6 is 0 Å². The zero-order chi connectivity index (χ0) is 8.15. The largest absolute Gasteiger partial charge is 0.290 e. The number of hydrogen-bond donors (Lipinski definition) is 0. The van der Waals surface area contributed by atoms with E-state index in [0.29, 0.717) is 5.57 Å². The fourth-order valence-corrected chi connectivity index (χ4v) is 0.501. The van der Waals surface area contributed by atoms with E-state index in [-0.39, 0.29) is 5.78 Å². The van der Waals surface area contributed by atoms with Crippen molar-refractivity contribution < 1.29 is 4.79 Å². The zero-order valence-electron chi connectivity index (χ0n) is 6.48. The molecule has 0 radical (unpaired) electrons. The van der Waals surface area contributed by atoms with Crippen LogP contribution in [0, 0.1) is 0 Å². The van der Waals surface area contributed by atoms with E-state index in [9.17, 15) is 4.79 Å². The molecule has 10 heavy (non-hydrogen) atoms. The summed E-state index contributed by atoms with van der Waals surface area (Å²) in [6, 6.07) is 0. The van der Waals surface area contributed by atoms with Crippen LogP contribution in [0.25, 0.3) is 0 Å². The average molecular weight is 136 g/mol. The van der Waals surface area contributed by atoms with E-state index in [4.69, 9.17) is 0 Å². The fourth-order valence-electron chi connectivity index (χ4n) is 0.501. The van der Waals surface area contributed by atoms with Gasteiger partial charge in [-0.15, -0.1) is 0 Å². The highest BCUT2D eigenvalue weighted by molar-refractivity contribution is 6.03. The van der Waals surface area contributed by atoms with E-state index >= 15 is 0 Å². The molecule has 0 aliphatic carbocycles. The maximum absolute atomic E-state index is 10.9. The minimum absolute atomic E-state index is 0.0302. The maximum Gasteiger partial charge on any atom is 0.181 e. The van der Waals surface area contributed by atoms with Crippen LogP contribution in [0.2, 0.25) is 0 Å². The standard InChI is InChI=1S/C9H12O/c1-5-7(3)8(4)9(10)6-2/h5-6H,1-2H2,3-4H3/b8-7+. The molecule has 1 nitrogen and oxygen atoms in total. The minimum Gasteiger partial charge on any atom is -0.290 e. The molecule has 0 rings (SSSR count). The normalized spacial score (nSPS) is 11.8. The lowest BCUT2D eigenvalue weighted by Gasteiger charge is -1.96. The van der Waals surface area contributed by atoms with Gasteiger partial charge in [0.1, 0.15) is 0 Å². The molecule has 0 unspecified atom stereocenters. The second kappa shape index (κ2) is 3.83. The van der Waals surface area contributed by atoms with Crippen molar-refractivity contribution in [1.29, 1.82) is 0 Å². The first-order valence-corrected chi connectivity index (χ1v) is 3.10. The Balaban J connectivity index is 4.61. The highest BCUT2D eigenvalue weighted by Gasteiger charge is 1.99. The SMILES string of the molecule is C=CC(=O)/C(C)=C(\C)C=C. The van der Waals surface area contributed by atoms with Gasteiger partial charge in [-0.1, -0.05) is 19.2 Å². The number of hydrogen-bond acceptors (Lipinski definition) is 1. The number of allylic oxidation sites excluding steroid dienone is 4. The Bertz CT molecular complexity index is 197. The van der Waals surface area contributed by atoms with Crippen LogP contribution in [0.5, 0.6) is 0 Å². The van der Waals surface area contributed by atoms with Gasteiger partial charge in [0.05, 0.1) is 0 Å². The molecule has 0 aromatic heterocycles. The molecule has 0 atom stereocenters. The molecule has 0 amide bonds. The predicted octanol–water partition coefficient (Wildman–Crippen LogP) is 2.26. The number of carbonyl (C=O) groups excluding carboxylic acids is 1. The molecule has 0 bridgehead atoms. The quantitative estimate of drug-likeness (QED) is 0.429. The first kappa shape index (κ1) is 8.89. The Morgan fingerprint density at radius 2 is 1.70 bits per heavy atom. The van der Waals surface area contributed by atoms with E-state index in [1.54, 1.807) is 13.0 Å². The lowest BCUT2D eigenvalue weighted by Crippen LogP contribution is -1.95. The van der Waals surface area contributed by atoms with Gasteiger partial charge in [-0.2, -0.15) is 0 Å². The van der Waals surface area contributed by atoms with Crippen LogP contribution in [0.1, 0.15) is 13.8 Å². The smallest absolute Gasteiger partial charge is 0.181 e. The summed E-state index contributed by atoms with van der Waals surface area (Å²) in [6.45, 7) is 10.6. The second-order valence-corrected chi connectivity index (χ2v) is 2.08. The summed E-state index contributed by atoms with van der Waals surface area (Å²) in [7, 11) is 0. The van der Waals surface area contributed by atoms with Crippen LogP contribution in [0.4, 0.5) is 0 Å². The average Bonchev–Trinajstić information content (AvgIpc) is 2.00. The van der Waals surface area contributed by atoms with Crippen LogP contribution in [-0.2, 0) is 4.79 Å². The molecule has 0 aromatic carbocycles. The molecule has 0 fully saturated rings. The van der Waals surface area contributed by atoms with Gasteiger partial charge in [-0.3, -0.25) is 4.79 Å². The van der Waals surface area contributed by atoms with Crippen molar-refractivity contribution in [3.8, 4) is 0 Å². The highest BCUT2D eigenvalue weighted by atomic mass is 16.1. The third kappa shape index (κ3) is 2.02. The van der Waals surface area contributed by atoms with Crippen molar-refractivity contribution in [1.82, 2.24) is 0 Å². The number of ketones is 1. The van der Waals surface area contributed by atoms with Crippen molar-refractivity contribution in [2.75, 3.05) is 0 Å². The van der Waals surface area contributed by atoms with Crippen LogP contribution in [-0.4, -0.2) is 5.78 Å². The molecule has 0 saturated heterocycles. The van der Waals surface area contributed by atoms with Crippen molar-refractivity contribution in [2.45, 2.75) is 13.8 Å². The Labute approximate surface area is 61.8 Å². The first-order chi connectivity index (χ1) is 4.63. The van der Waals surface area contributed by atoms with Gasteiger partial charge in [-0.05, 0) is 31.1 Å². The van der Waals surface area contributed by atoms with Gasteiger partial charge in [0.25, 0.3) is 0 Å². The molecule has 54 valence electrons. The Hall–Kier alpha value is -1.11. The van der Waals surface area contributed by atoms with Crippen molar-refractivity contribution in [3.05, 3.63) is 36.5 Å². The minimum atomic E-state index is -0.0302. The molecule has 0 aromatic rings. The molecular weight excluding hydrogens is 124 g/mol. The third-order valence-electron chi connectivity index (χ3n) is 1.45. The molecule has 0 aliphatic rings. The highest BCUT2D eigenvalue weighted by Crippen LogP contribution is 2.04. The molecule has 0 heterocycles. The topological polar surface area (TPSA) is 17.1 Å². The summed E-state index contributed by atoms with van der Waals surface area (Å²) in [5.74, 6) is -0.0302. The van der Waals surface area contributed by atoms with Crippen LogP contribution < -0.4 is 0 Å². The van der Waals surface area contributed by atoms with Gasteiger partial charge < -0.3 is 0 Å². The first-order valence-electron chi connectivity index (χ1n) is 3.10. The Morgan fingerprint density at radius 1 is 1.20 bits per heavy atom. The van der Waals surface area contributed by atoms with E-state index in [0.717, 1.165) is 5.57 Å². The second-order valence-electron chi connectivity index (χ2n) is 2.08. The third-order valence-corrected chi connectivity index (χ3v) is 1.45. The Kier molecular flexibility index (Phi) is 3.40. The van der Waals surface area contributed by atoms with Gasteiger partial charge in [0.15, 0.2) is 5.78 Å². The lowest BCUT2D eigenvalue weighted by atomic mass is 10.1. The van der Waals surface area contributed by atoms with Gasteiger partial charge in [0.2, 0.25) is 0 Å².